The van der Waals surface area contributed by atoms with Crippen molar-refractivity contribution in [3.8, 4) is 22.3 Å². The normalized spacial score (nSPS) is 15.1. The third-order valence-corrected chi connectivity index (χ3v) is 10.5. The second kappa shape index (κ2) is 8.93. The van der Waals surface area contributed by atoms with Gasteiger partial charge in [-0.1, -0.05) is 140 Å². The van der Waals surface area contributed by atoms with Gasteiger partial charge in [-0.3, -0.25) is 0 Å². The van der Waals surface area contributed by atoms with E-state index in [4.69, 9.17) is 0 Å². The van der Waals surface area contributed by atoms with Crippen LogP contribution in [-0.2, 0) is 17.3 Å². The molecule has 0 bridgehead atoms. The molecule has 45 heavy (non-hydrogen) atoms. The third kappa shape index (κ3) is 2.93. The number of hydrogen-bond acceptors (Lipinski definition) is 3. The summed E-state index contributed by atoms with van der Waals surface area (Å²) in [5, 5.41) is 0. The summed E-state index contributed by atoms with van der Waals surface area (Å²) in [5.74, 6) is 0.777. The Morgan fingerprint density at radius 2 is 0.778 bits per heavy atom. The SMILES string of the molecule is c1ccc2c(c1)-c1ccccc1C21c2ccccc2C2(c3ccccc3-c3c(Cc4ncncn4)cccc32)c2ccccc21. The summed E-state index contributed by atoms with van der Waals surface area (Å²) in [5.41, 5.74) is 16.3. The van der Waals surface area contributed by atoms with Crippen LogP contribution in [0.3, 0.4) is 0 Å². The highest BCUT2D eigenvalue weighted by molar-refractivity contribution is 5.94. The summed E-state index contributed by atoms with van der Waals surface area (Å²) in [4.78, 5) is 13.1. The van der Waals surface area contributed by atoms with Gasteiger partial charge >= 0.3 is 0 Å². The van der Waals surface area contributed by atoms with E-state index in [1.807, 2.05) is 0 Å². The van der Waals surface area contributed by atoms with Crippen LogP contribution >= 0.6 is 0 Å². The Labute approximate surface area is 262 Å². The minimum absolute atomic E-state index is 0.425. The molecule has 0 saturated heterocycles. The summed E-state index contributed by atoms with van der Waals surface area (Å²) in [6, 6.07) is 52.4. The third-order valence-electron chi connectivity index (χ3n) is 10.5. The van der Waals surface area contributed by atoms with Crippen LogP contribution in [0.2, 0.25) is 0 Å². The standard InChI is InChI=1S/C42H27N3/c1-4-16-31-28(13-1)29-14-2-5-17-32(29)41(31)34-19-7-9-21-36(34)42(37-22-10-8-20-35(37)41)33-18-6-3-15-30(33)40-27(12-11-23-38(40)42)24-39-44-25-43-26-45-39/h1-23,25-26H,24H2. The number of nitrogens with zero attached hydrogens (tertiary/aromatic N) is 3. The highest BCUT2D eigenvalue weighted by Gasteiger charge is 2.58. The topological polar surface area (TPSA) is 38.7 Å². The molecule has 0 N–H and O–H groups in total. The second-order valence-corrected chi connectivity index (χ2v) is 12.3. The van der Waals surface area contributed by atoms with Crippen molar-refractivity contribution in [2.75, 3.05) is 0 Å². The maximum atomic E-state index is 4.50. The lowest BCUT2D eigenvalue weighted by Crippen LogP contribution is -2.43. The predicted molar refractivity (Wildman–Crippen MR) is 177 cm³/mol. The average molecular weight is 574 g/mol. The van der Waals surface area contributed by atoms with Crippen LogP contribution in [0.1, 0.15) is 55.9 Å². The van der Waals surface area contributed by atoms with Gasteiger partial charge in [0, 0.05) is 6.42 Å². The van der Waals surface area contributed by atoms with Gasteiger partial charge in [0.15, 0.2) is 0 Å². The molecule has 0 fully saturated rings. The van der Waals surface area contributed by atoms with Gasteiger partial charge in [0.25, 0.3) is 0 Å². The van der Waals surface area contributed by atoms with E-state index in [0.717, 1.165) is 5.82 Å². The highest BCUT2D eigenvalue weighted by Crippen LogP contribution is 2.67. The van der Waals surface area contributed by atoms with Crippen molar-refractivity contribution in [1.29, 1.82) is 0 Å². The van der Waals surface area contributed by atoms with Crippen molar-refractivity contribution in [3.63, 3.8) is 0 Å². The largest absolute Gasteiger partial charge is 0.225 e. The highest BCUT2D eigenvalue weighted by atomic mass is 15.0. The number of rotatable bonds is 2. The van der Waals surface area contributed by atoms with E-state index in [-0.39, 0.29) is 0 Å². The quantitative estimate of drug-likeness (QED) is 0.208. The van der Waals surface area contributed by atoms with E-state index >= 15 is 0 Å². The first kappa shape index (κ1) is 24.7. The van der Waals surface area contributed by atoms with Crippen LogP contribution in [0.5, 0.6) is 0 Å². The van der Waals surface area contributed by atoms with Crippen molar-refractivity contribution < 1.29 is 0 Å². The lowest BCUT2D eigenvalue weighted by atomic mass is 9.52. The molecule has 0 aliphatic heterocycles. The van der Waals surface area contributed by atoms with E-state index in [0.29, 0.717) is 6.42 Å². The van der Waals surface area contributed by atoms with Crippen molar-refractivity contribution in [2.24, 2.45) is 0 Å². The van der Waals surface area contributed by atoms with E-state index in [9.17, 15) is 0 Å². The van der Waals surface area contributed by atoms with Crippen LogP contribution in [0.4, 0.5) is 0 Å². The Kier molecular flexibility index (Phi) is 4.91. The first-order chi connectivity index (χ1) is 22.3. The summed E-state index contributed by atoms with van der Waals surface area (Å²) in [6.45, 7) is 0. The first-order valence-corrected chi connectivity index (χ1v) is 15.6. The minimum Gasteiger partial charge on any atom is -0.225 e. The molecule has 3 heteroatoms. The Bertz CT molecular complexity index is 2230. The molecular weight excluding hydrogens is 546 g/mol. The summed E-state index contributed by atoms with van der Waals surface area (Å²) < 4.78 is 0. The Balaban J connectivity index is 1.36. The summed E-state index contributed by atoms with van der Waals surface area (Å²) in [7, 11) is 0. The fourth-order valence-electron chi connectivity index (χ4n) is 9.04. The molecule has 10 rings (SSSR count). The molecule has 7 aromatic rings. The zero-order valence-electron chi connectivity index (χ0n) is 24.5. The monoisotopic (exact) mass is 573 g/mol. The maximum absolute atomic E-state index is 4.50. The Hall–Kier alpha value is -5.67. The molecule has 1 heterocycles. The average Bonchev–Trinajstić information content (AvgIpc) is 3.57. The fourth-order valence-corrected chi connectivity index (χ4v) is 9.04. The van der Waals surface area contributed by atoms with E-state index in [2.05, 4.69) is 154 Å². The molecule has 0 amide bonds. The molecule has 0 radical (unpaired) electrons. The lowest BCUT2D eigenvalue weighted by molar-refractivity contribution is 0.632. The Morgan fingerprint density at radius 3 is 1.31 bits per heavy atom. The molecule has 3 aliphatic carbocycles. The van der Waals surface area contributed by atoms with Gasteiger partial charge in [0.1, 0.15) is 18.5 Å². The van der Waals surface area contributed by atoms with Gasteiger partial charge in [-0.05, 0) is 72.3 Å². The van der Waals surface area contributed by atoms with Gasteiger partial charge in [0.05, 0.1) is 10.8 Å². The van der Waals surface area contributed by atoms with Crippen LogP contribution in [0.15, 0.2) is 152 Å². The zero-order valence-corrected chi connectivity index (χ0v) is 24.5. The van der Waals surface area contributed by atoms with E-state index < -0.39 is 10.8 Å². The molecule has 3 nitrogen and oxygen atoms in total. The molecule has 0 atom stereocenters. The van der Waals surface area contributed by atoms with E-state index in [1.54, 1.807) is 12.7 Å². The van der Waals surface area contributed by atoms with E-state index in [1.165, 1.54) is 72.3 Å². The summed E-state index contributed by atoms with van der Waals surface area (Å²) in [6.07, 6.45) is 3.82. The predicted octanol–water partition coefficient (Wildman–Crippen LogP) is 8.50. The summed E-state index contributed by atoms with van der Waals surface area (Å²) >= 11 is 0. The first-order valence-electron chi connectivity index (χ1n) is 15.6. The van der Waals surface area contributed by atoms with Crippen LogP contribution in [0, 0.1) is 0 Å². The Morgan fingerprint density at radius 1 is 0.378 bits per heavy atom. The van der Waals surface area contributed by atoms with Gasteiger partial charge in [-0.2, -0.15) is 0 Å². The lowest BCUT2D eigenvalue weighted by Gasteiger charge is -2.48. The van der Waals surface area contributed by atoms with Gasteiger partial charge in [-0.25, -0.2) is 15.0 Å². The second-order valence-electron chi connectivity index (χ2n) is 12.3. The number of benzene rings is 6. The van der Waals surface area contributed by atoms with Gasteiger partial charge < -0.3 is 0 Å². The molecule has 1 aromatic heterocycles. The van der Waals surface area contributed by atoms with Crippen LogP contribution in [0.25, 0.3) is 22.3 Å². The molecule has 0 unspecified atom stereocenters. The van der Waals surface area contributed by atoms with Crippen LogP contribution < -0.4 is 0 Å². The molecular formula is C42H27N3. The van der Waals surface area contributed by atoms with Gasteiger partial charge in [0.2, 0.25) is 0 Å². The van der Waals surface area contributed by atoms with Crippen molar-refractivity contribution in [1.82, 2.24) is 15.0 Å². The molecule has 3 aliphatic rings. The molecule has 210 valence electrons. The molecule has 6 aromatic carbocycles. The molecule has 0 saturated carbocycles. The number of aromatic nitrogens is 3. The number of hydrogen-bond donors (Lipinski definition) is 0. The smallest absolute Gasteiger partial charge is 0.136 e. The van der Waals surface area contributed by atoms with Crippen molar-refractivity contribution in [2.45, 2.75) is 17.3 Å². The van der Waals surface area contributed by atoms with Crippen molar-refractivity contribution in [3.05, 3.63) is 208 Å². The molecule has 2 spiro atoms. The number of fused-ring (bicyclic) bond motifs is 16. The van der Waals surface area contributed by atoms with Crippen LogP contribution in [-0.4, -0.2) is 15.0 Å². The minimum atomic E-state index is -0.480. The zero-order chi connectivity index (χ0) is 29.6. The van der Waals surface area contributed by atoms with Gasteiger partial charge in [-0.15, -0.1) is 0 Å². The maximum Gasteiger partial charge on any atom is 0.136 e. The van der Waals surface area contributed by atoms with Crippen molar-refractivity contribution >= 4 is 0 Å². The fraction of sp³-hybridized carbons (Fsp3) is 0.0714.